The average molecular weight is 612 g/mol. The fourth-order valence-electron chi connectivity index (χ4n) is 7.44. The van der Waals surface area contributed by atoms with Gasteiger partial charge in [0.05, 0.1) is 0 Å². The molecule has 9 rings (SSSR count). The van der Waals surface area contributed by atoms with Crippen molar-refractivity contribution in [2.75, 3.05) is 0 Å². The molecule has 43 heavy (non-hydrogen) atoms. The number of hydrogen-bond donors (Lipinski definition) is 0. The van der Waals surface area contributed by atoms with Gasteiger partial charge in [0.25, 0.3) is 0 Å². The second kappa shape index (κ2) is 9.41. The van der Waals surface area contributed by atoms with E-state index in [1.165, 1.54) is 95.8 Å². The Morgan fingerprint density at radius 2 is 0.814 bits per heavy atom. The molecular formula is C42H28Se. The first-order valence-electron chi connectivity index (χ1n) is 14.9. The van der Waals surface area contributed by atoms with Crippen molar-refractivity contribution in [2.45, 2.75) is 13.8 Å². The maximum atomic E-state index is 2.47. The van der Waals surface area contributed by atoms with E-state index in [0.29, 0.717) is 0 Å². The Morgan fingerprint density at radius 3 is 1.33 bits per heavy atom. The third kappa shape index (κ3) is 3.56. The van der Waals surface area contributed by atoms with Gasteiger partial charge in [0.15, 0.2) is 0 Å². The summed E-state index contributed by atoms with van der Waals surface area (Å²) in [6.07, 6.45) is 0. The Morgan fingerprint density at radius 1 is 0.372 bits per heavy atom. The van der Waals surface area contributed by atoms with E-state index >= 15 is 0 Å². The van der Waals surface area contributed by atoms with Crippen LogP contribution in [-0.2, 0) is 0 Å². The predicted molar refractivity (Wildman–Crippen MR) is 189 cm³/mol. The SMILES string of the molecule is Cc1c2ccccc2c(-c2ccc3[se]c4c(-c5c6ccccc6c(C)c6ccccc56)cccc4c3c2)c2ccccc12. The molecule has 0 unspecified atom stereocenters. The molecular weight excluding hydrogens is 583 g/mol. The summed E-state index contributed by atoms with van der Waals surface area (Å²) in [5.41, 5.74) is 8.11. The number of fused-ring (bicyclic) bond motifs is 7. The minimum atomic E-state index is 0.226. The van der Waals surface area contributed by atoms with E-state index in [2.05, 4.69) is 147 Å². The van der Waals surface area contributed by atoms with Crippen molar-refractivity contribution in [3.63, 3.8) is 0 Å². The van der Waals surface area contributed by atoms with E-state index in [4.69, 9.17) is 0 Å². The van der Waals surface area contributed by atoms with Gasteiger partial charge < -0.3 is 0 Å². The first-order valence-corrected chi connectivity index (χ1v) is 16.7. The average Bonchev–Trinajstić information content (AvgIpc) is 3.44. The van der Waals surface area contributed by atoms with E-state index < -0.39 is 0 Å². The summed E-state index contributed by atoms with van der Waals surface area (Å²) in [6, 6.07) is 49.9. The third-order valence-electron chi connectivity index (χ3n) is 9.46. The molecule has 0 fully saturated rings. The van der Waals surface area contributed by atoms with E-state index in [0.717, 1.165) is 0 Å². The molecule has 1 aromatic heterocycles. The van der Waals surface area contributed by atoms with Gasteiger partial charge in [0, 0.05) is 0 Å². The molecule has 0 atom stereocenters. The number of hydrogen-bond acceptors (Lipinski definition) is 0. The van der Waals surface area contributed by atoms with E-state index in [-0.39, 0.29) is 14.5 Å². The van der Waals surface area contributed by atoms with Crippen molar-refractivity contribution in [1.29, 1.82) is 0 Å². The van der Waals surface area contributed by atoms with Crippen molar-refractivity contribution in [3.8, 4) is 22.3 Å². The molecule has 1 heterocycles. The molecule has 0 aliphatic carbocycles. The summed E-state index contributed by atoms with van der Waals surface area (Å²) in [7, 11) is 0. The van der Waals surface area contributed by atoms with Crippen molar-refractivity contribution < 1.29 is 0 Å². The molecule has 0 aliphatic rings. The van der Waals surface area contributed by atoms with Gasteiger partial charge in [-0.25, -0.2) is 0 Å². The zero-order chi connectivity index (χ0) is 28.7. The quantitative estimate of drug-likeness (QED) is 0.135. The summed E-state index contributed by atoms with van der Waals surface area (Å²) in [5, 5.41) is 13.5. The second-order valence-corrected chi connectivity index (χ2v) is 13.9. The fourth-order valence-corrected chi connectivity index (χ4v) is 9.97. The Bertz CT molecular complexity index is 2470. The molecule has 0 aliphatic heterocycles. The number of benzene rings is 8. The van der Waals surface area contributed by atoms with Gasteiger partial charge >= 0.3 is 258 Å². The number of aryl methyl sites for hydroxylation is 2. The van der Waals surface area contributed by atoms with E-state index in [1.807, 2.05) is 0 Å². The third-order valence-corrected chi connectivity index (χ3v) is 12.0. The molecule has 0 saturated heterocycles. The van der Waals surface area contributed by atoms with Crippen LogP contribution in [0.25, 0.3) is 84.6 Å². The fraction of sp³-hybridized carbons (Fsp3) is 0.0476. The van der Waals surface area contributed by atoms with Crippen molar-refractivity contribution in [3.05, 3.63) is 145 Å². The normalized spacial score (nSPS) is 12.0. The van der Waals surface area contributed by atoms with Gasteiger partial charge in [0.1, 0.15) is 0 Å². The van der Waals surface area contributed by atoms with Crippen LogP contribution in [0.1, 0.15) is 11.1 Å². The van der Waals surface area contributed by atoms with Crippen LogP contribution in [0.15, 0.2) is 133 Å². The van der Waals surface area contributed by atoms with Crippen molar-refractivity contribution in [2.24, 2.45) is 0 Å². The Labute approximate surface area is 256 Å². The van der Waals surface area contributed by atoms with Crippen molar-refractivity contribution >= 4 is 76.9 Å². The minimum absolute atomic E-state index is 0.226. The second-order valence-electron chi connectivity index (χ2n) is 11.7. The van der Waals surface area contributed by atoms with Gasteiger partial charge in [-0.3, -0.25) is 0 Å². The zero-order valence-corrected chi connectivity index (χ0v) is 25.8. The summed E-state index contributed by atoms with van der Waals surface area (Å²) < 4.78 is 2.97. The van der Waals surface area contributed by atoms with Crippen molar-refractivity contribution in [1.82, 2.24) is 0 Å². The molecule has 202 valence electrons. The predicted octanol–water partition coefficient (Wildman–Crippen LogP) is 11.6. The van der Waals surface area contributed by atoms with Gasteiger partial charge in [-0.15, -0.1) is 0 Å². The molecule has 9 aromatic rings. The first kappa shape index (κ1) is 24.9. The van der Waals surface area contributed by atoms with Gasteiger partial charge in [-0.2, -0.15) is 0 Å². The molecule has 0 N–H and O–H groups in total. The van der Waals surface area contributed by atoms with Crippen LogP contribution in [0.3, 0.4) is 0 Å². The van der Waals surface area contributed by atoms with Gasteiger partial charge in [-0.05, 0) is 0 Å². The molecule has 0 amide bonds. The van der Waals surface area contributed by atoms with Crippen LogP contribution in [-0.4, -0.2) is 14.5 Å². The molecule has 0 nitrogen and oxygen atoms in total. The summed E-state index contributed by atoms with van der Waals surface area (Å²) >= 11 is 0.226. The standard InChI is InChI=1S/C42H28Se/c1-25-28-12-3-7-16-32(28)40(33-17-8-4-13-29(25)33)27-22-23-39-38(24-27)36-20-11-21-37(42(36)43-39)41-34-18-9-5-14-30(34)26(2)31-15-6-10-19-35(31)41/h3-24H,1-2H3. The Hall–Kier alpha value is -4.68. The monoisotopic (exact) mass is 612 g/mol. The van der Waals surface area contributed by atoms with Crippen LogP contribution in [0.5, 0.6) is 0 Å². The molecule has 1 heteroatoms. The molecule has 0 spiro atoms. The van der Waals surface area contributed by atoms with E-state index in [9.17, 15) is 0 Å². The number of rotatable bonds is 2. The molecule has 0 radical (unpaired) electrons. The summed E-state index contributed by atoms with van der Waals surface area (Å²) in [4.78, 5) is 0. The van der Waals surface area contributed by atoms with E-state index in [1.54, 1.807) is 0 Å². The maximum absolute atomic E-state index is 2.47. The first-order chi connectivity index (χ1) is 21.2. The molecule has 0 bridgehead atoms. The molecule has 8 aromatic carbocycles. The summed E-state index contributed by atoms with van der Waals surface area (Å²) in [6.45, 7) is 4.53. The topological polar surface area (TPSA) is 0 Å². The zero-order valence-electron chi connectivity index (χ0n) is 24.1. The summed E-state index contributed by atoms with van der Waals surface area (Å²) in [5.74, 6) is 0. The van der Waals surface area contributed by atoms with Crippen LogP contribution < -0.4 is 0 Å². The Kier molecular flexibility index (Phi) is 5.45. The van der Waals surface area contributed by atoms with Crippen LogP contribution in [0, 0.1) is 13.8 Å². The van der Waals surface area contributed by atoms with Crippen LogP contribution in [0.2, 0.25) is 0 Å². The van der Waals surface area contributed by atoms with Crippen LogP contribution >= 0.6 is 0 Å². The molecule has 0 saturated carbocycles. The van der Waals surface area contributed by atoms with Gasteiger partial charge in [-0.1, -0.05) is 0 Å². The Balaban J connectivity index is 1.36. The van der Waals surface area contributed by atoms with Crippen LogP contribution in [0.4, 0.5) is 0 Å². The van der Waals surface area contributed by atoms with Gasteiger partial charge in [0.2, 0.25) is 0 Å².